The quantitative estimate of drug-likeness (QED) is 0.882. The maximum Gasteiger partial charge on any atom is 0.209 e. The molecule has 1 saturated heterocycles. The molecule has 0 saturated carbocycles. The van der Waals surface area contributed by atoms with Gasteiger partial charge in [-0.3, -0.25) is 4.90 Å². The third-order valence-corrected chi connectivity index (χ3v) is 3.63. The van der Waals surface area contributed by atoms with Gasteiger partial charge in [0, 0.05) is 13.1 Å². The Morgan fingerprint density at radius 1 is 1.33 bits per heavy atom. The number of piperidine rings is 1. The Morgan fingerprint density at radius 3 is 2.78 bits per heavy atom. The molecule has 4 heteroatoms. The van der Waals surface area contributed by atoms with Crippen LogP contribution in [0.15, 0.2) is 28.7 Å². The van der Waals surface area contributed by atoms with Gasteiger partial charge in [-0.05, 0) is 31.9 Å². The molecule has 0 aliphatic carbocycles. The van der Waals surface area contributed by atoms with E-state index in [0.29, 0.717) is 0 Å². The monoisotopic (exact) mass is 246 g/mol. The third-order valence-electron chi connectivity index (χ3n) is 3.63. The number of hydrogen-bond acceptors (Lipinski definition) is 4. The Hall–Kier alpha value is -1.39. The van der Waals surface area contributed by atoms with Gasteiger partial charge in [0.2, 0.25) is 5.89 Å². The van der Waals surface area contributed by atoms with Crippen molar-refractivity contribution in [2.45, 2.75) is 31.9 Å². The van der Waals surface area contributed by atoms with Crippen LogP contribution in [-0.2, 0) is 6.54 Å². The Morgan fingerprint density at radius 2 is 2.06 bits per heavy atom. The van der Waals surface area contributed by atoms with E-state index in [1.54, 1.807) is 0 Å². The van der Waals surface area contributed by atoms with Gasteiger partial charge in [-0.15, -0.1) is 0 Å². The molecule has 0 radical (unpaired) electrons. The average molecular weight is 246 g/mol. The van der Waals surface area contributed by atoms with Gasteiger partial charge >= 0.3 is 0 Å². The molecule has 0 unspecified atom stereocenters. The standard InChI is InChI=1S/C14H18N2O2/c1-14(17)6-8-16(9-7-14)10-13-15-11-4-2-3-5-12(11)18-13/h2-5,17H,6-10H2,1H3. The zero-order valence-electron chi connectivity index (χ0n) is 10.6. The van der Waals surface area contributed by atoms with Crippen molar-refractivity contribution in [3.63, 3.8) is 0 Å². The van der Waals surface area contributed by atoms with Crippen molar-refractivity contribution < 1.29 is 9.52 Å². The van der Waals surface area contributed by atoms with Crippen molar-refractivity contribution in [1.29, 1.82) is 0 Å². The summed E-state index contributed by atoms with van der Waals surface area (Å²) in [7, 11) is 0. The molecule has 0 amide bonds. The second-order valence-electron chi connectivity index (χ2n) is 5.35. The predicted molar refractivity (Wildman–Crippen MR) is 69.1 cm³/mol. The lowest BCUT2D eigenvalue weighted by atomic mass is 9.94. The number of aliphatic hydroxyl groups is 1. The molecule has 1 aromatic heterocycles. The number of rotatable bonds is 2. The van der Waals surface area contributed by atoms with Gasteiger partial charge < -0.3 is 9.52 Å². The molecular formula is C14H18N2O2. The minimum absolute atomic E-state index is 0.502. The number of oxazole rings is 1. The highest BCUT2D eigenvalue weighted by atomic mass is 16.3. The Balaban J connectivity index is 1.69. The molecule has 0 atom stereocenters. The summed E-state index contributed by atoms with van der Waals surface area (Å²) >= 11 is 0. The summed E-state index contributed by atoms with van der Waals surface area (Å²) in [5.74, 6) is 0.762. The number of hydrogen-bond donors (Lipinski definition) is 1. The topological polar surface area (TPSA) is 49.5 Å². The maximum atomic E-state index is 9.91. The van der Waals surface area contributed by atoms with E-state index in [1.165, 1.54) is 0 Å². The summed E-state index contributed by atoms with van der Waals surface area (Å²) < 4.78 is 5.71. The number of likely N-dealkylation sites (tertiary alicyclic amines) is 1. The van der Waals surface area contributed by atoms with Crippen LogP contribution in [0.25, 0.3) is 11.1 Å². The fourth-order valence-corrected chi connectivity index (χ4v) is 2.37. The van der Waals surface area contributed by atoms with E-state index in [0.717, 1.165) is 49.5 Å². The predicted octanol–water partition coefficient (Wildman–Crippen LogP) is 2.17. The summed E-state index contributed by atoms with van der Waals surface area (Å²) in [5.41, 5.74) is 1.26. The molecule has 1 aliphatic heterocycles. The highest BCUT2D eigenvalue weighted by molar-refractivity contribution is 5.72. The molecule has 0 spiro atoms. The molecular weight excluding hydrogens is 228 g/mol. The minimum Gasteiger partial charge on any atom is -0.439 e. The number of aromatic nitrogens is 1. The lowest BCUT2D eigenvalue weighted by Gasteiger charge is -2.35. The van der Waals surface area contributed by atoms with Crippen molar-refractivity contribution >= 4 is 11.1 Å². The molecule has 2 heterocycles. The maximum absolute atomic E-state index is 9.91. The van der Waals surface area contributed by atoms with Gasteiger partial charge in [0.15, 0.2) is 5.58 Å². The normalized spacial score (nSPS) is 20.3. The van der Waals surface area contributed by atoms with Gasteiger partial charge in [0.1, 0.15) is 5.52 Å². The van der Waals surface area contributed by atoms with Crippen LogP contribution in [0.2, 0.25) is 0 Å². The Kier molecular flexibility index (Phi) is 2.84. The smallest absolute Gasteiger partial charge is 0.209 e. The molecule has 18 heavy (non-hydrogen) atoms. The molecule has 1 fully saturated rings. The fraction of sp³-hybridized carbons (Fsp3) is 0.500. The number of benzene rings is 1. The second kappa shape index (κ2) is 4.37. The molecule has 1 aromatic carbocycles. The van der Waals surface area contributed by atoms with Crippen LogP contribution in [0.3, 0.4) is 0 Å². The summed E-state index contributed by atoms with van der Waals surface area (Å²) in [6, 6.07) is 7.82. The zero-order chi connectivity index (χ0) is 12.6. The Labute approximate surface area is 106 Å². The van der Waals surface area contributed by atoms with Crippen LogP contribution in [0, 0.1) is 0 Å². The van der Waals surface area contributed by atoms with E-state index >= 15 is 0 Å². The van der Waals surface area contributed by atoms with Gasteiger partial charge in [-0.2, -0.15) is 0 Å². The van der Waals surface area contributed by atoms with Crippen molar-refractivity contribution in [2.24, 2.45) is 0 Å². The van der Waals surface area contributed by atoms with Crippen molar-refractivity contribution in [3.8, 4) is 0 Å². The first-order chi connectivity index (χ1) is 8.62. The fourth-order valence-electron chi connectivity index (χ4n) is 2.37. The molecule has 2 aromatic rings. The molecule has 4 nitrogen and oxygen atoms in total. The first kappa shape index (κ1) is 11.7. The first-order valence-corrected chi connectivity index (χ1v) is 6.42. The van der Waals surface area contributed by atoms with E-state index in [1.807, 2.05) is 31.2 Å². The van der Waals surface area contributed by atoms with E-state index in [9.17, 15) is 5.11 Å². The summed E-state index contributed by atoms with van der Waals surface area (Å²) in [5, 5.41) is 9.91. The number of nitrogens with zero attached hydrogens (tertiary/aromatic N) is 2. The van der Waals surface area contributed by atoms with Crippen molar-refractivity contribution in [2.75, 3.05) is 13.1 Å². The van der Waals surface area contributed by atoms with Crippen LogP contribution >= 0.6 is 0 Å². The summed E-state index contributed by atoms with van der Waals surface area (Å²) in [6.45, 7) is 4.42. The highest BCUT2D eigenvalue weighted by Crippen LogP contribution is 2.23. The second-order valence-corrected chi connectivity index (χ2v) is 5.35. The van der Waals surface area contributed by atoms with E-state index in [-0.39, 0.29) is 0 Å². The number of para-hydroxylation sites is 2. The zero-order valence-corrected chi connectivity index (χ0v) is 10.6. The lowest BCUT2D eigenvalue weighted by Crippen LogP contribution is -2.41. The van der Waals surface area contributed by atoms with Crippen LogP contribution in [0.1, 0.15) is 25.7 Å². The molecule has 1 aliphatic rings. The minimum atomic E-state index is -0.502. The SMILES string of the molecule is CC1(O)CCN(Cc2nc3ccccc3o2)CC1. The average Bonchev–Trinajstić information content (AvgIpc) is 2.74. The largest absolute Gasteiger partial charge is 0.439 e. The van der Waals surface area contributed by atoms with Crippen LogP contribution in [0.5, 0.6) is 0 Å². The molecule has 96 valence electrons. The van der Waals surface area contributed by atoms with E-state index in [4.69, 9.17) is 4.42 Å². The van der Waals surface area contributed by atoms with Gasteiger partial charge in [0.05, 0.1) is 12.1 Å². The Bertz CT molecular complexity index is 504. The summed E-state index contributed by atoms with van der Waals surface area (Å²) in [4.78, 5) is 6.75. The van der Waals surface area contributed by atoms with Gasteiger partial charge in [0.25, 0.3) is 0 Å². The van der Waals surface area contributed by atoms with Crippen molar-refractivity contribution in [1.82, 2.24) is 9.88 Å². The molecule has 0 bridgehead atoms. The van der Waals surface area contributed by atoms with Crippen LogP contribution in [-0.4, -0.2) is 33.7 Å². The lowest BCUT2D eigenvalue weighted by molar-refractivity contribution is -0.00898. The third kappa shape index (κ3) is 2.40. The molecule has 1 N–H and O–H groups in total. The van der Waals surface area contributed by atoms with Crippen molar-refractivity contribution in [3.05, 3.63) is 30.2 Å². The first-order valence-electron chi connectivity index (χ1n) is 6.42. The molecule has 3 rings (SSSR count). The van der Waals surface area contributed by atoms with Crippen LogP contribution < -0.4 is 0 Å². The number of fused-ring (bicyclic) bond motifs is 1. The van der Waals surface area contributed by atoms with Gasteiger partial charge in [-0.1, -0.05) is 12.1 Å². The van der Waals surface area contributed by atoms with Gasteiger partial charge in [-0.25, -0.2) is 4.98 Å². The van der Waals surface area contributed by atoms with E-state index < -0.39 is 5.60 Å². The van der Waals surface area contributed by atoms with Crippen LogP contribution in [0.4, 0.5) is 0 Å². The summed E-state index contributed by atoms with van der Waals surface area (Å²) in [6.07, 6.45) is 1.63. The highest BCUT2D eigenvalue weighted by Gasteiger charge is 2.27. The van der Waals surface area contributed by atoms with E-state index in [2.05, 4.69) is 9.88 Å².